The van der Waals surface area contributed by atoms with Crippen molar-refractivity contribution in [3.8, 4) is 0 Å². The third-order valence-corrected chi connectivity index (χ3v) is 3.00. The van der Waals surface area contributed by atoms with E-state index in [1.807, 2.05) is 13.8 Å². The first-order chi connectivity index (χ1) is 7.33. The largest absolute Gasteiger partial charge is 0.461 e. The van der Waals surface area contributed by atoms with Gasteiger partial charge in [0.05, 0.1) is 5.92 Å². The number of hydrogen-bond acceptors (Lipinski definition) is 2. The summed E-state index contributed by atoms with van der Waals surface area (Å²) in [6.45, 7) is 10.7. The maximum atomic E-state index is 11.4. The highest BCUT2D eigenvalue weighted by Crippen LogP contribution is 2.36. The molecule has 0 unspecified atom stereocenters. The lowest BCUT2D eigenvalue weighted by atomic mass is 9.76. The van der Waals surface area contributed by atoms with Crippen LogP contribution in [0.15, 0.2) is 23.3 Å². The van der Waals surface area contributed by atoms with Crippen molar-refractivity contribution in [2.24, 2.45) is 11.3 Å². The van der Waals surface area contributed by atoms with Crippen molar-refractivity contribution in [1.29, 1.82) is 0 Å². The van der Waals surface area contributed by atoms with Crippen molar-refractivity contribution in [2.75, 3.05) is 6.61 Å². The highest BCUT2D eigenvalue weighted by atomic mass is 16.5. The zero-order valence-electron chi connectivity index (χ0n) is 11.0. The molecule has 90 valence electrons. The summed E-state index contributed by atoms with van der Waals surface area (Å²) in [4.78, 5) is 11.4. The molecule has 0 heterocycles. The van der Waals surface area contributed by atoms with E-state index in [0.29, 0.717) is 6.61 Å². The Labute approximate surface area is 98.4 Å². The van der Waals surface area contributed by atoms with Crippen LogP contribution in [0.1, 0.15) is 41.0 Å². The van der Waals surface area contributed by atoms with Crippen LogP contribution in [-0.4, -0.2) is 12.6 Å². The summed E-state index contributed by atoms with van der Waals surface area (Å²) in [5.74, 6) is -0.174. The minimum Gasteiger partial charge on any atom is -0.461 e. The minimum atomic E-state index is -0.122. The highest BCUT2D eigenvalue weighted by Gasteiger charge is 2.26. The molecule has 0 fully saturated rings. The van der Waals surface area contributed by atoms with Crippen LogP contribution < -0.4 is 0 Å². The molecule has 0 aliphatic heterocycles. The van der Waals surface area contributed by atoms with Crippen LogP contribution in [0.4, 0.5) is 0 Å². The second-order valence-corrected chi connectivity index (χ2v) is 5.53. The van der Waals surface area contributed by atoms with Crippen LogP contribution in [0, 0.1) is 11.3 Å². The van der Waals surface area contributed by atoms with Crippen LogP contribution in [0.2, 0.25) is 0 Å². The fourth-order valence-corrected chi connectivity index (χ4v) is 1.90. The van der Waals surface area contributed by atoms with E-state index in [9.17, 15) is 4.79 Å². The first-order valence-corrected chi connectivity index (χ1v) is 5.86. The molecule has 1 aliphatic rings. The van der Waals surface area contributed by atoms with Crippen molar-refractivity contribution in [1.82, 2.24) is 0 Å². The summed E-state index contributed by atoms with van der Waals surface area (Å²) in [6.07, 6.45) is 5.24. The number of carbonyl (C=O) groups is 1. The Hall–Kier alpha value is -1.05. The monoisotopic (exact) mass is 222 g/mol. The number of ether oxygens (including phenoxy) is 1. The van der Waals surface area contributed by atoms with E-state index in [4.69, 9.17) is 4.74 Å². The van der Waals surface area contributed by atoms with Gasteiger partial charge in [0.25, 0.3) is 0 Å². The van der Waals surface area contributed by atoms with E-state index in [0.717, 1.165) is 6.42 Å². The molecule has 0 N–H and O–H groups in total. The Morgan fingerprint density at radius 3 is 2.56 bits per heavy atom. The van der Waals surface area contributed by atoms with Gasteiger partial charge in [-0.2, -0.15) is 0 Å². The van der Waals surface area contributed by atoms with E-state index in [-0.39, 0.29) is 17.3 Å². The topological polar surface area (TPSA) is 26.3 Å². The predicted molar refractivity (Wildman–Crippen MR) is 66.0 cm³/mol. The predicted octanol–water partition coefficient (Wildman–Crippen LogP) is 3.49. The lowest BCUT2D eigenvalue weighted by molar-refractivity contribution is -0.146. The third kappa shape index (κ3) is 3.22. The van der Waals surface area contributed by atoms with Crippen LogP contribution in [0.5, 0.6) is 0 Å². The Balaban J connectivity index is 2.63. The molecule has 1 aliphatic carbocycles. The van der Waals surface area contributed by atoms with Crippen LogP contribution in [0.25, 0.3) is 0 Å². The molecule has 0 amide bonds. The van der Waals surface area contributed by atoms with E-state index < -0.39 is 0 Å². The van der Waals surface area contributed by atoms with Gasteiger partial charge in [0, 0.05) is 0 Å². The molecule has 0 saturated heterocycles. The van der Waals surface area contributed by atoms with Gasteiger partial charge < -0.3 is 4.74 Å². The quantitative estimate of drug-likeness (QED) is 0.683. The molecule has 0 radical (unpaired) electrons. The highest BCUT2D eigenvalue weighted by molar-refractivity contribution is 5.71. The van der Waals surface area contributed by atoms with Gasteiger partial charge in [-0.25, -0.2) is 0 Å². The summed E-state index contributed by atoms with van der Waals surface area (Å²) < 4.78 is 5.28. The standard InChI is InChI=1S/C14H22O2/c1-10(2)13(15)16-9-12-7-6-11(3)8-14(12,4)5/h6-7,10H,8-9H2,1-5H3. The van der Waals surface area contributed by atoms with Crippen molar-refractivity contribution in [3.63, 3.8) is 0 Å². The fraction of sp³-hybridized carbons (Fsp3) is 0.643. The third-order valence-electron chi connectivity index (χ3n) is 3.00. The Bertz CT molecular complexity index is 333. The zero-order chi connectivity index (χ0) is 12.3. The van der Waals surface area contributed by atoms with Gasteiger partial charge >= 0.3 is 5.97 Å². The van der Waals surface area contributed by atoms with E-state index in [1.54, 1.807) is 0 Å². The average Bonchev–Trinajstić information content (AvgIpc) is 2.14. The molecular formula is C14H22O2. The number of rotatable bonds is 3. The first kappa shape index (κ1) is 13.0. The van der Waals surface area contributed by atoms with E-state index in [1.165, 1.54) is 11.1 Å². The molecule has 16 heavy (non-hydrogen) atoms. The molecule has 2 nitrogen and oxygen atoms in total. The summed E-state index contributed by atoms with van der Waals surface area (Å²) in [5.41, 5.74) is 2.69. The second-order valence-electron chi connectivity index (χ2n) is 5.53. The van der Waals surface area contributed by atoms with Crippen LogP contribution in [0.3, 0.4) is 0 Å². The Morgan fingerprint density at radius 1 is 1.44 bits per heavy atom. The minimum absolute atomic E-state index is 0.0513. The molecular weight excluding hydrogens is 200 g/mol. The van der Waals surface area contributed by atoms with Gasteiger partial charge in [-0.15, -0.1) is 0 Å². The summed E-state index contributed by atoms with van der Waals surface area (Å²) in [7, 11) is 0. The van der Waals surface area contributed by atoms with Crippen LogP contribution >= 0.6 is 0 Å². The maximum absolute atomic E-state index is 11.4. The molecule has 0 aromatic heterocycles. The summed E-state index contributed by atoms with van der Waals surface area (Å²) in [6, 6.07) is 0. The molecule has 0 atom stereocenters. The maximum Gasteiger partial charge on any atom is 0.308 e. The SMILES string of the molecule is CC1=CC=C(COC(=O)C(C)C)C(C)(C)C1. The van der Waals surface area contributed by atoms with Gasteiger partial charge in [-0.1, -0.05) is 45.4 Å². The number of carbonyl (C=O) groups excluding carboxylic acids is 1. The van der Waals surface area contributed by atoms with Gasteiger partial charge in [0.15, 0.2) is 0 Å². The van der Waals surface area contributed by atoms with Crippen molar-refractivity contribution in [3.05, 3.63) is 23.3 Å². The molecule has 0 saturated carbocycles. The number of esters is 1. The van der Waals surface area contributed by atoms with Gasteiger partial charge in [-0.05, 0) is 24.3 Å². The van der Waals surface area contributed by atoms with Crippen molar-refractivity contribution in [2.45, 2.75) is 41.0 Å². The van der Waals surface area contributed by atoms with Gasteiger partial charge in [-0.3, -0.25) is 4.79 Å². The molecule has 0 aromatic carbocycles. The first-order valence-electron chi connectivity index (χ1n) is 5.86. The number of hydrogen-bond donors (Lipinski definition) is 0. The van der Waals surface area contributed by atoms with Gasteiger partial charge in [0.2, 0.25) is 0 Å². The summed E-state index contributed by atoms with van der Waals surface area (Å²) in [5, 5.41) is 0. The lowest BCUT2D eigenvalue weighted by Crippen LogP contribution is -2.23. The van der Waals surface area contributed by atoms with Gasteiger partial charge in [0.1, 0.15) is 6.61 Å². The average molecular weight is 222 g/mol. The smallest absolute Gasteiger partial charge is 0.308 e. The fourth-order valence-electron chi connectivity index (χ4n) is 1.90. The molecule has 0 spiro atoms. The molecule has 0 bridgehead atoms. The van der Waals surface area contributed by atoms with Crippen molar-refractivity contribution >= 4 is 5.97 Å². The Morgan fingerprint density at radius 2 is 2.06 bits per heavy atom. The number of allylic oxidation sites excluding steroid dienone is 3. The molecule has 2 heteroatoms. The van der Waals surface area contributed by atoms with E-state index >= 15 is 0 Å². The van der Waals surface area contributed by atoms with Crippen LogP contribution in [-0.2, 0) is 9.53 Å². The normalized spacial score (nSPS) is 19.1. The molecule has 1 rings (SSSR count). The second kappa shape index (κ2) is 4.86. The van der Waals surface area contributed by atoms with E-state index in [2.05, 4.69) is 32.9 Å². The summed E-state index contributed by atoms with van der Waals surface area (Å²) >= 11 is 0. The Kier molecular flexibility index (Phi) is 3.95. The zero-order valence-corrected chi connectivity index (χ0v) is 11.0. The molecule has 0 aromatic rings. The lowest BCUT2D eigenvalue weighted by Gasteiger charge is -2.31. The van der Waals surface area contributed by atoms with Crippen molar-refractivity contribution < 1.29 is 9.53 Å².